The molecule has 0 saturated carbocycles. The minimum Gasteiger partial charge on any atom is -0.544 e. The van der Waals surface area contributed by atoms with Crippen LogP contribution in [0, 0.1) is 0 Å². The van der Waals surface area contributed by atoms with E-state index >= 15 is 0 Å². The highest BCUT2D eigenvalue weighted by Gasteiger charge is 1.85. The lowest BCUT2D eigenvalue weighted by Crippen LogP contribution is -1.99. The molecule has 0 aromatic heterocycles. The zero-order valence-corrected chi connectivity index (χ0v) is 4.67. The number of hydrogen-bond donors (Lipinski definition) is 0. The van der Waals surface area contributed by atoms with Crippen molar-refractivity contribution in [1.82, 2.24) is 0 Å². The van der Waals surface area contributed by atoms with Crippen molar-refractivity contribution in [2.24, 2.45) is 0 Å². The lowest BCUT2D eigenvalue weighted by molar-refractivity contribution is 0.305. The Bertz CT molecular complexity index is 62.8. The molecule has 0 rings (SSSR count). The van der Waals surface area contributed by atoms with Gasteiger partial charge in [-0.2, -0.15) is 0 Å². The van der Waals surface area contributed by atoms with Crippen LogP contribution >= 0.6 is 0 Å². The van der Waals surface area contributed by atoms with Gasteiger partial charge in [-0.05, 0) is 0 Å². The van der Waals surface area contributed by atoms with Crippen LogP contribution in [0.5, 0.6) is 0 Å². The lowest BCUT2D eigenvalue weighted by atomic mass is 10.4. The van der Waals surface area contributed by atoms with E-state index in [2.05, 4.69) is 22.5 Å². The zero-order chi connectivity index (χ0) is 6.24. The molecule has 0 aromatic rings. The largest absolute Gasteiger partial charge is 0.572 e. The molecule has 0 aliphatic carbocycles. The molecule has 1 radical (unpaired) electrons. The predicted octanol–water partition coefficient (Wildman–Crippen LogP) is 0.883. The highest BCUT2D eigenvalue weighted by atomic mass is 16.6. The van der Waals surface area contributed by atoms with Crippen molar-refractivity contribution in [1.29, 1.82) is 0 Å². The van der Waals surface area contributed by atoms with Gasteiger partial charge in [-0.1, -0.05) is 12.7 Å². The van der Waals surface area contributed by atoms with Crippen LogP contribution in [0.1, 0.15) is 0 Å². The van der Waals surface area contributed by atoms with E-state index in [0.717, 1.165) is 0 Å². The Morgan fingerprint density at radius 2 is 2.25 bits per heavy atom. The van der Waals surface area contributed by atoms with Crippen LogP contribution in [0.2, 0.25) is 0 Å². The third kappa shape index (κ3) is 5.30. The first-order chi connectivity index (χ1) is 3.91. The van der Waals surface area contributed by atoms with Gasteiger partial charge in [0.1, 0.15) is 0 Å². The molecule has 0 aromatic carbocycles. The molecule has 0 aliphatic rings. The summed E-state index contributed by atoms with van der Waals surface area (Å²) in [6.07, 6.45) is 2.91. The maximum atomic E-state index is 4.69. The second-order valence-electron chi connectivity index (χ2n) is 1.02. The van der Waals surface area contributed by atoms with E-state index in [-0.39, 0.29) is 0 Å². The molecule has 2 nitrogen and oxygen atoms in total. The summed E-state index contributed by atoms with van der Waals surface area (Å²) in [6, 6.07) is 0. The van der Waals surface area contributed by atoms with E-state index in [1.54, 1.807) is 6.08 Å². The fraction of sp³-hybridized carbons (Fsp3) is 0.200. The molecule has 0 atom stereocenters. The first kappa shape index (κ1) is 7.30. The summed E-state index contributed by atoms with van der Waals surface area (Å²) in [7, 11) is 1.20. The standard InChI is InChI=1S/C5H8BO2/c1-3-5-8-6-7-4-2/h3-4H,1-2,5H2. The van der Waals surface area contributed by atoms with Crippen molar-refractivity contribution in [3.05, 3.63) is 25.5 Å². The van der Waals surface area contributed by atoms with Gasteiger partial charge in [0.25, 0.3) is 0 Å². The predicted molar refractivity (Wildman–Crippen MR) is 33.2 cm³/mol. The first-order valence-corrected chi connectivity index (χ1v) is 2.22. The average Bonchev–Trinajstić information content (AvgIpc) is 1.81. The van der Waals surface area contributed by atoms with Crippen molar-refractivity contribution < 1.29 is 9.31 Å². The molecule has 0 unspecified atom stereocenters. The summed E-state index contributed by atoms with van der Waals surface area (Å²) >= 11 is 0. The van der Waals surface area contributed by atoms with Crippen LogP contribution in [0.3, 0.4) is 0 Å². The SMILES string of the molecule is C=CCO[B]OC=C. The molecule has 3 heteroatoms. The van der Waals surface area contributed by atoms with E-state index < -0.39 is 0 Å². The molecule has 0 fully saturated rings. The lowest BCUT2D eigenvalue weighted by Gasteiger charge is -1.93. The van der Waals surface area contributed by atoms with Crippen molar-refractivity contribution >= 4 is 7.69 Å². The fourth-order valence-electron chi connectivity index (χ4n) is 0.186. The van der Waals surface area contributed by atoms with Crippen molar-refractivity contribution in [3.63, 3.8) is 0 Å². The number of rotatable bonds is 5. The molecule has 43 valence electrons. The van der Waals surface area contributed by atoms with Gasteiger partial charge in [-0.3, -0.25) is 0 Å². The van der Waals surface area contributed by atoms with E-state index in [0.29, 0.717) is 6.61 Å². The molecular weight excluding hydrogens is 103 g/mol. The molecular formula is C5H8BO2. The van der Waals surface area contributed by atoms with Gasteiger partial charge in [0.05, 0.1) is 12.9 Å². The number of hydrogen-bond acceptors (Lipinski definition) is 2. The monoisotopic (exact) mass is 111 g/mol. The highest BCUT2D eigenvalue weighted by Crippen LogP contribution is 1.73. The summed E-state index contributed by atoms with van der Waals surface area (Å²) in [5.74, 6) is 0. The Hall–Kier alpha value is -0.695. The van der Waals surface area contributed by atoms with Crippen molar-refractivity contribution in [3.8, 4) is 0 Å². The van der Waals surface area contributed by atoms with Crippen LogP contribution < -0.4 is 0 Å². The highest BCUT2D eigenvalue weighted by molar-refractivity contribution is 6.18. The fourth-order valence-corrected chi connectivity index (χ4v) is 0.186. The zero-order valence-electron chi connectivity index (χ0n) is 4.67. The van der Waals surface area contributed by atoms with Crippen LogP contribution in [-0.2, 0) is 9.31 Å². The smallest absolute Gasteiger partial charge is 0.544 e. The minimum absolute atomic E-state index is 0.466. The van der Waals surface area contributed by atoms with Gasteiger partial charge in [-0.15, -0.1) is 6.58 Å². The second-order valence-corrected chi connectivity index (χ2v) is 1.02. The Kier molecular flexibility index (Phi) is 5.76. The van der Waals surface area contributed by atoms with Crippen molar-refractivity contribution in [2.75, 3.05) is 6.61 Å². The molecule has 8 heavy (non-hydrogen) atoms. The van der Waals surface area contributed by atoms with Gasteiger partial charge in [-0.25, -0.2) is 0 Å². The average molecular weight is 111 g/mol. The Balaban J connectivity index is 2.71. The molecule has 0 bridgehead atoms. The molecule has 0 saturated heterocycles. The summed E-state index contributed by atoms with van der Waals surface area (Å²) in [5.41, 5.74) is 0. The third-order valence-corrected chi connectivity index (χ3v) is 0.434. The first-order valence-electron chi connectivity index (χ1n) is 2.22. The van der Waals surface area contributed by atoms with E-state index in [9.17, 15) is 0 Å². The summed E-state index contributed by atoms with van der Waals surface area (Å²) in [4.78, 5) is 0. The molecule has 0 heterocycles. The minimum atomic E-state index is 0.466. The van der Waals surface area contributed by atoms with Gasteiger partial charge in [0.2, 0.25) is 0 Å². The maximum Gasteiger partial charge on any atom is 0.572 e. The second kappa shape index (κ2) is 6.30. The summed E-state index contributed by atoms with van der Waals surface area (Å²) < 4.78 is 9.19. The Morgan fingerprint density at radius 1 is 1.50 bits per heavy atom. The van der Waals surface area contributed by atoms with Crippen LogP contribution in [0.25, 0.3) is 0 Å². The van der Waals surface area contributed by atoms with Gasteiger partial charge >= 0.3 is 7.69 Å². The molecule has 0 aliphatic heterocycles. The van der Waals surface area contributed by atoms with Gasteiger partial charge in [0.15, 0.2) is 0 Å². The van der Waals surface area contributed by atoms with Gasteiger partial charge in [0, 0.05) is 0 Å². The quantitative estimate of drug-likeness (QED) is 0.227. The van der Waals surface area contributed by atoms with Crippen LogP contribution in [-0.4, -0.2) is 14.3 Å². The summed E-state index contributed by atoms with van der Waals surface area (Å²) in [5, 5.41) is 0. The Labute approximate surface area is 50.1 Å². The normalized spacial score (nSPS) is 7.50. The third-order valence-electron chi connectivity index (χ3n) is 0.434. The molecule has 0 N–H and O–H groups in total. The van der Waals surface area contributed by atoms with E-state index in [4.69, 9.17) is 0 Å². The Morgan fingerprint density at radius 3 is 2.75 bits per heavy atom. The summed E-state index contributed by atoms with van der Waals surface area (Å²) in [6.45, 7) is 7.20. The maximum absolute atomic E-state index is 4.69. The van der Waals surface area contributed by atoms with Crippen LogP contribution in [0.4, 0.5) is 0 Å². The van der Waals surface area contributed by atoms with Crippen molar-refractivity contribution in [2.45, 2.75) is 0 Å². The molecule has 0 amide bonds. The van der Waals surface area contributed by atoms with E-state index in [1.807, 2.05) is 0 Å². The topological polar surface area (TPSA) is 18.5 Å². The van der Waals surface area contributed by atoms with Gasteiger partial charge < -0.3 is 9.31 Å². The van der Waals surface area contributed by atoms with Crippen LogP contribution in [0.15, 0.2) is 25.5 Å². The molecule has 0 spiro atoms. The van der Waals surface area contributed by atoms with E-state index in [1.165, 1.54) is 13.9 Å².